The van der Waals surface area contributed by atoms with Crippen molar-refractivity contribution >= 4 is 12.1 Å². The molecule has 25 heavy (non-hydrogen) atoms. The van der Waals surface area contributed by atoms with Crippen LogP contribution in [0.3, 0.4) is 0 Å². The highest BCUT2D eigenvalue weighted by atomic mass is 16.1. The molecule has 0 saturated carbocycles. The minimum atomic E-state index is 0.568. The molecule has 0 unspecified atom stereocenters. The van der Waals surface area contributed by atoms with Crippen LogP contribution in [-0.2, 0) is 17.9 Å². The first kappa shape index (κ1) is 18.5. The van der Waals surface area contributed by atoms with Gasteiger partial charge in [0.2, 0.25) is 6.41 Å². The maximum absolute atomic E-state index is 11.4. The van der Waals surface area contributed by atoms with Gasteiger partial charge in [-0.3, -0.25) is 4.79 Å². The van der Waals surface area contributed by atoms with Crippen molar-refractivity contribution in [1.82, 2.24) is 9.55 Å². The number of aromatic nitrogens is 2. The number of carbonyl (C=O) groups excluding carboxylic acids is 1. The van der Waals surface area contributed by atoms with E-state index in [2.05, 4.69) is 24.9 Å². The number of hydrogen-bond donors (Lipinski definition) is 0. The molecule has 2 aromatic carbocycles. The summed E-state index contributed by atoms with van der Waals surface area (Å²) in [7, 11) is 0. The van der Waals surface area contributed by atoms with E-state index in [1.807, 2.05) is 59.3 Å². The Hall–Kier alpha value is -2.88. The van der Waals surface area contributed by atoms with Crippen LogP contribution in [-0.4, -0.2) is 16.0 Å². The molecule has 4 nitrogen and oxygen atoms in total. The Kier molecular flexibility index (Phi) is 7.44. The number of anilines is 1. The first-order valence-corrected chi connectivity index (χ1v) is 8.57. The number of rotatable bonds is 6. The van der Waals surface area contributed by atoms with Crippen molar-refractivity contribution in [3.05, 3.63) is 84.4 Å². The van der Waals surface area contributed by atoms with Gasteiger partial charge in [0, 0.05) is 24.6 Å². The summed E-state index contributed by atoms with van der Waals surface area (Å²) in [6, 6.07) is 18.0. The standard InChI is InChI=1S/C18H17N3O.C3H8/c22-15-21(13-16-5-2-1-3-6-16)18-8-4-7-17(11-18)12-20-10-9-19-14-20;1-3-2/h1-11,14-15H,12-13H2;3H2,1-2H3. The third-order valence-electron chi connectivity index (χ3n) is 3.49. The highest BCUT2D eigenvalue weighted by Gasteiger charge is 2.07. The lowest BCUT2D eigenvalue weighted by Gasteiger charge is -2.18. The van der Waals surface area contributed by atoms with E-state index in [1.54, 1.807) is 17.4 Å². The lowest BCUT2D eigenvalue weighted by molar-refractivity contribution is -0.107. The van der Waals surface area contributed by atoms with Crippen molar-refractivity contribution in [3.8, 4) is 0 Å². The van der Waals surface area contributed by atoms with Crippen molar-refractivity contribution in [2.24, 2.45) is 0 Å². The van der Waals surface area contributed by atoms with Gasteiger partial charge in [0.15, 0.2) is 0 Å². The van der Waals surface area contributed by atoms with Gasteiger partial charge in [0.05, 0.1) is 12.9 Å². The summed E-state index contributed by atoms with van der Waals surface area (Å²) < 4.78 is 2.00. The third-order valence-corrected chi connectivity index (χ3v) is 3.49. The van der Waals surface area contributed by atoms with E-state index in [0.717, 1.165) is 29.8 Å². The second-order valence-electron chi connectivity index (χ2n) is 5.83. The molecule has 0 saturated heterocycles. The monoisotopic (exact) mass is 335 g/mol. The van der Waals surface area contributed by atoms with Gasteiger partial charge >= 0.3 is 0 Å². The molecule has 4 heteroatoms. The fourth-order valence-corrected chi connectivity index (χ4v) is 2.39. The quantitative estimate of drug-likeness (QED) is 0.622. The zero-order chi connectivity index (χ0) is 17.9. The van der Waals surface area contributed by atoms with Crippen LogP contribution in [0.2, 0.25) is 0 Å². The van der Waals surface area contributed by atoms with Crippen molar-refractivity contribution < 1.29 is 4.79 Å². The van der Waals surface area contributed by atoms with Crippen LogP contribution in [0.15, 0.2) is 73.3 Å². The third kappa shape index (κ3) is 5.92. The molecule has 0 N–H and O–H groups in total. The summed E-state index contributed by atoms with van der Waals surface area (Å²) >= 11 is 0. The van der Waals surface area contributed by atoms with Crippen LogP contribution in [0.5, 0.6) is 0 Å². The molecular weight excluding hydrogens is 310 g/mol. The Labute approximate surface area is 149 Å². The smallest absolute Gasteiger partial charge is 0.214 e. The van der Waals surface area contributed by atoms with Crippen molar-refractivity contribution in [3.63, 3.8) is 0 Å². The summed E-state index contributed by atoms with van der Waals surface area (Å²) in [5, 5.41) is 0. The van der Waals surface area contributed by atoms with E-state index in [0.29, 0.717) is 6.54 Å². The number of nitrogens with zero attached hydrogens (tertiary/aromatic N) is 3. The molecular formula is C21H25N3O. The van der Waals surface area contributed by atoms with Crippen LogP contribution in [0, 0.1) is 0 Å². The molecule has 1 aromatic heterocycles. The Morgan fingerprint density at radius 2 is 1.76 bits per heavy atom. The van der Waals surface area contributed by atoms with Gasteiger partial charge in [-0.25, -0.2) is 4.98 Å². The van der Waals surface area contributed by atoms with E-state index in [-0.39, 0.29) is 0 Å². The number of amides is 1. The molecule has 1 amide bonds. The van der Waals surface area contributed by atoms with Crippen LogP contribution in [0.1, 0.15) is 31.4 Å². The second kappa shape index (κ2) is 10.1. The van der Waals surface area contributed by atoms with Crippen LogP contribution in [0.4, 0.5) is 5.69 Å². The molecule has 0 radical (unpaired) electrons. The van der Waals surface area contributed by atoms with Gasteiger partial charge in [-0.2, -0.15) is 0 Å². The zero-order valence-corrected chi connectivity index (χ0v) is 14.9. The number of hydrogen-bond acceptors (Lipinski definition) is 2. The molecule has 3 aromatic rings. The Morgan fingerprint density at radius 1 is 1.04 bits per heavy atom. The Bertz CT molecular complexity index is 739. The van der Waals surface area contributed by atoms with Crippen LogP contribution in [0.25, 0.3) is 0 Å². The summed E-state index contributed by atoms with van der Waals surface area (Å²) in [6.07, 6.45) is 7.60. The lowest BCUT2D eigenvalue weighted by Crippen LogP contribution is -2.20. The van der Waals surface area contributed by atoms with E-state index in [9.17, 15) is 4.79 Å². The van der Waals surface area contributed by atoms with Crippen LogP contribution < -0.4 is 4.90 Å². The molecule has 0 fully saturated rings. The first-order chi connectivity index (χ1) is 12.3. The fourth-order valence-electron chi connectivity index (χ4n) is 2.39. The van der Waals surface area contributed by atoms with E-state index >= 15 is 0 Å². The predicted octanol–water partition coefficient (Wildman–Crippen LogP) is 4.51. The highest BCUT2D eigenvalue weighted by Crippen LogP contribution is 2.18. The second-order valence-corrected chi connectivity index (χ2v) is 5.83. The lowest BCUT2D eigenvalue weighted by atomic mass is 10.1. The molecule has 0 aliphatic heterocycles. The first-order valence-electron chi connectivity index (χ1n) is 8.57. The fraction of sp³-hybridized carbons (Fsp3) is 0.238. The Morgan fingerprint density at radius 3 is 2.40 bits per heavy atom. The normalized spacial score (nSPS) is 9.84. The van der Waals surface area contributed by atoms with Gasteiger partial charge in [-0.15, -0.1) is 0 Å². The van der Waals surface area contributed by atoms with Gasteiger partial charge in [-0.05, 0) is 23.3 Å². The Balaban J connectivity index is 0.000000701. The SMILES string of the molecule is CCC.O=CN(Cc1ccccc1)c1cccc(Cn2ccnc2)c1. The molecule has 130 valence electrons. The maximum Gasteiger partial charge on any atom is 0.214 e. The van der Waals surface area contributed by atoms with Gasteiger partial charge in [0.25, 0.3) is 0 Å². The molecule has 3 rings (SSSR count). The minimum absolute atomic E-state index is 0.568. The summed E-state index contributed by atoms with van der Waals surface area (Å²) in [5.74, 6) is 0. The summed E-state index contributed by atoms with van der Waals surface area (Å²) in [4.78, 5) is 17.2. The molecule has 0 aliphatic rings. The van der Waals surface area contributed by atoms with Crippen molar-refractivity contribution in [1.29, 1.82) is 0 Å². The van der Waals surface area contributed by atoms with Crippen molar-refractivity contribution in [2.75, 3.05) is 4.90 Å². The largest absolute Gasteiger partial charge is 0.333 e. The van der Waals surface area contributed by atoms with E-state index in [4.69, 9.17) is 0 Å². The maximum atomic E-state index is 11.4. The summed E-state index contributed by atoms with van der Waals surface area (Å²) in [5.41, 5.74) is 3.14. The number of benzene rings is 2. The number of imidazole rings is 1. The molecule has 1 heterocycles. The van der Waals surface area contributed by atoms with Gasteiger partial charge in [-0.1, -0.05) is 62.7 Å². The predicted molar refractivity (Wildman–Crippen MR) is 102 cm³/mol. The molecule has 0 atom stereocenters. The van der Waals surface area contributed by atoms with Crippen LogP contribution >= 0.6 is 0 Å². The molecule has 0 spiro atoms. The topological polar surface area (TPSA) is 38.1 Å². The zero-order valence-electron chi connectivity index (χ0n) is 14.9. The average molecular weight is 335 g/mol. The van der Waals surface area contributed by atoms with E-state index < -0.39 is 0 Å². The minimum Gasteiger partial charge on any atom is -0.333 e. The van der Waals surface area contributed by atoms with Gasteiger partial charge in [0.1, 0.15) is 0 Å². The highest BCUT2D eigenvalue weighted by molar-refractivity contribution is 5.75. The van der Waals surface area contributed by atoms with Gasteiger partial charge < -0.3 is 9.47 Å². The number of carbonyl (C=O) groups is 1. The summed E-state index contributed by atoms with van der Waals surface area (Å²) in [6.45, 7) is 5.56. The molecule has 0 bridgehead atoms. The molecule has 0 aliphatic carbocycles. The average Bonchev–Trinajstić information content (AvgIpc) is 3.14. The van der Waals surface area contributed by atoms with Crippen molar-refractivity contribution in [2.45, 2.75) is 33.4 Å². The van der Waals surface area contributed by atoms with E-state index in [1.165, 1.54) is 6.42 Å².